The molecule has 0 aliphatic heterocycles. The molecule has 0 saturated carbocycles. The van der Waals surface area contributed by atoms with Gasteiger partial charge in [-0.1, -0.05) is 29.9 Å². The van der Waals surface area contributed by atoms with Crippen molar-refractivity contribution in [3.05, 3.63) is 10.0 Å². The number of hydrogen-bond donors (Lipinski definition) is 2. The molecule has 6 heteroatoms. The smallest absolute Gasteiger partial charge is 0.185 e. The van der Waals surface area contributed by atoms with Gasteiger partial charge in [0.2, 0.25) is 0 Å². The van der Waals surface area contributed by atoms with E-state index >= 15 is 0 Å². The van der Waals surface area contributed by atoms with E-state index < -0.39 is 0 Å². The Labute approximate surface area is 91.9 Å². The first kappa shape index (κ1) is 11.2. The lowest BCUT2D eigenvalue weighted by molar-refractivity contribution is 0.738. The fourth-order valence-electron chi connectivity index (χ4n) is 0.881. The van der Waals surface area contributed by atoms with Crippen LogP contribution in [0.1, 0.15) is 11.8 Å². The number of thiazole rings is 1. The minimum atomic E-state index is 0.281. The van der Waals surface area contributed by atoms with Gasteiger partial charge < -0.3 is 10.6 Å². The summed E-state index contributed by atoms with van der Waals surface area (Å²) in [7, 11) is 0. The molecule has 0 radical (unpaired) electrons. The molecule has 0 aliphatic carbocycles. The van der Waals surface area contributed by atoms with Crippen LogP contribution < -0.4 is 10.6 Å². The number of nitriles is 1. The standard InChI is InChI=1S/C8H11ClN4S/c1-2-11-3-4-12-8-13-7(9)6(5-10)14-8/h11H,2-4H2,1H3,(H,12,13). The van der Waals surface area contributed by atoms with Gasteiger partial charge in [-0.15, -0.1) is 0 Å². The summed E-state index contributed by atoms with van der Waals surface area (Å²) in [4.78, 5) is 4.46. The number of halogens is 1. The number of rotatable bonds is 5. The maximum Gasteiger partial charge on any atom is 0.185 e. The van der Waals surface area contributed by atoms with Gasteiger partial charge in [-0.3, -0.25) is 0 Å². The van der Waals surface area contributed by atoms with Crippen LogP contribution in [0, 0.1) is 11.3 Å². The summed E-state index contributed by atoms with van der Waals surface area (Å²) < 4.78 is 0. The van der Waals surface area contributed by atoms with Gasteiger partial charge in [0, 0.05) is 13.1 Å². The highest BCUT2D eigenvalue weighted by Crippen LogP contribution is 2.25. The summed E-state index contributed by atoms with van der Waals surface area (Å²) in [5.74, 6) is 0. The largest absolute Gasteiger partial charge is 0.360 e. The van der Waals surface area contributed by atoms with E-state index in [0.29, 0.717) is 10.0 Å². The highest BCUT2D eigenvalue weighted by Gasteiger charge is 2.07. The van der Waals surface area contributed by atoms with Crippen LogP contribution in [-0.2, 0) is 0 Å². The molecule has 2 N–H and O–H groups in total. The van der Waals surface area contributed by atoms with Crippen LogP contribution in [0.4, 0.5) is 5.13 Å². The fourth-order valence-corrected chi connectivity index (χ4v) is 1.85. The van der Waals surface area contributed by atoms with Crippen LogP contribution in [-0.4, -0.2) is 24.6 Å². The van der Waals surface area contributed by atoms with E-state index in [1.54, 1.807) is 0 Å². The van der Waals surface area contributed by atoms with Gasteiger partial charge in [0.05, 0.1) is 0 Å². The maximum atomic E-state index is 8.64. The van der Waals surface area contributed by atoms with E-state index in [4.69, 9.17) is 16.9 Å². The van der Waals surface area contributed by atoms with Crippen molar-refractivity contribution in [2.24, 2.45) is 0 Å². The summed E-state index contributed by atoms with van der Waals surface area (Å²) >= 11 is 6.98. The van der Waals surface area contributed by atoms with Crippen LogP contribution in [0.5, 0.6) is 0 Å². The third-order valence-electron chi connectivity index (χ3n) is 1.52. The minimum absolute atomic E-state index is 0.281. The molecule has 1 aromatic rings. The number of aromatic nitrogens is 1. The Morgan fingerprint density at radius 2 is 2.36 bits per heavy atom. The Morgan fingerprint density at radius 3 is 2.93 bits per heavy atom. The van der Waals surface area contributed by atoms with E-state index in [0.717, 1.165) is 19.6 Å². The molecule has 0 amide bonds. The number of hydrogen-bond acceptors (Lipinski definition) is 5. The highest BCUT2D eigenvalue weighted by molar-refractivity contribution is 7.16. The van der Waals surface area contributed by atoms with Gasteiger partial charge in [0.25, 0.3) is 0 Å². The van der Waals surface area contributed by atoms with Gasteiger partial charge in [-0.05, 0) is 6.54 Å². The Bertz CT molecular complexity index is 331. The SMILES string of the molecule is CCNCCNc1nc(Cl)c(C#N)s1. The van der Waals surface area contributed by atoms with Crippen LogP contribution in [0.2, 0.25) is 5.15 Å². The molecule has 0 spiro atoms. The summed E-state index contributed by atoms with van der Waals surface area (Å²) in [5.41, 5.74) is 0. The Kier molecular flexibility index (Phi) is 4.66. The quantitative estimate of drug-likeness (QED) is 0.756. The van der Waals surface area contributed by atoms with Crippen LogP contribution >= 0.6 is 22.9 Å². The van der Waals surface area contributed by atoms with Crippen molar-refractivity contribution in [3.8, 4) is 6.07 Å². The van der Waals surface area contributed by atoms with Crippen LogP contribution in [0.3, 0.4) is 0 Å². The first-order chi connectivity index (χ1) is 6.77. The van der Waals surface area contributed by atoms with E-state index in [1.807, 2.05) is 13.0 Å². The van der Waals surface area contributed by atoms with Gasteiger partial charge in [-0.25, -0.2) is 4.98 Å². The monoisotopic (exact) mass is 230 g/mol. The molecule has 1 aromatic heterocycles. The van der Waals surface area contributed by atoms with Gasteiger partial charge in [-0.2, -0.15) is 5.26 Å². The predicted octanol–water partition coefficient (Wildman–Crippen LogP) is 1.69. The van der Waals surface area contributed by atoms with Crippen molar-refractivity contribution in [2.45, 2.75) is 6.92 Å². The average Bonchev–Trinajstić information content (AvgIpc) is 2.54. The molecule has 0 aliphatic rings. The molecule has 14 heavy (non-hydrogen) atoms. The van der Waals surface area contributed by atoms with Crippen molar-refractivity contribution < 1.29 is 0 Å². The number of likely N-dealkylation sites (N-methyl/N-ethyl adjacent to an activating group) is 1. The zero-order valence-corrected chi connectivity index (χ0v) is 9.37. The molecular weight excluding hydrogens is 220 g/mol. The number of nitrogens with one attached hydrogen (secondary N) is 2. The molecule has 0 aromatic carbocycles. The molecule has 0 fully saturated rings. The molecule has 0 bridgehead atoms. The lowest BCUT2D eigenvalue weighted by Gasteiger charge is -2.01. The zero-order chi connectivity index (χ0) is 10.4. The molecule has 1 heterocycles. The molecule has 4 nitrogen and oxygen atoms in total. The van der Waals surface area contributed by atoms with Crippen molar-refractivity contribution in [2.75, 3.05) is 25.0 Å². The lowest BCUT2D eigenvalue weighted by atomic mass is 10.6. The topological polar surface area (TPSA) is 60.7 Å². The van der Waals surface area contributed by atoms with E-state index in [1.165, 1.54) is 11.3 Å². The summed E-state index contributed by atoms with van der Waals surface area (Å²) in [6.07, 6.45) is 0. The molecule has 76 valence electrons. The van der Waals surface area contributed by atoms with Gasteiger partial charge in [0.1, 0.15) is 10.9 Å². The summed E-state index contributed by atoms with van der Waals surface area (Å²) in [6, 6.07) is 1.99. The zero-order valence-electron chi connectivity index (χ0n) is 7.80. The Hall–Kier alpha value is -0.830. The summed E-state index contributed by atoms with van der Waals surface area (Å²) in [6.45, 7) is 4.65. The minimum Gasteiger partial charge on any atom is -0.360 e. The second-order valence-corrected chi connectivity index (χ2v) is 3.89. The summed E-state index contributed by atoms with van der Waals surface area (Å²) in [5, 5.41) is 15.9. The van der Waals surface area contributed by atoms with Crippen molar-refractivity contribution >= 4 is 28.1 Å². The predicted molar refractivity (Wildman–Crippen MR) is 58.9 cm³/mol. The van der Waals surface area contributed by atoms with Gasteiger partial charge in [0.15, 0.2) is 10.3 Å². The second kappa shape index (κ2) is 5.81. The lowest BCUT2D eigenvalue weighted by Crippen LogP contribution is -2.21. The molecule has 0 atom stereocenters. The number of anilines is 1. The van der Waals surface area contributed by atoms with Crippen LogP contribution in [0.15, 0.2) is 0 Å². The van der Waals surface area contributed by atoms with E-state index in [-0.39, 0.29) is 5.15 Å². The van der Waals surface area contributed by atoms with Crippen molar-refractivity contribution in [1.29, 1.82) is 5.26 Å². The molecule has 0 saturated heterocycles. The Balaban J connectivity index is 2.40. The van der Waals surface area contributed by atoms with E-state index in [9.17, 15) is 0 Å². The normalized spacial score (nSPS) is 9.79. The Morgan fingerprint density at radius 1 is 1.57 bits per heavy atom. The molecule has 1 rings (SSSR count). The highest BCUT2D eigenvalue weighted by atomic mass is 35.5. The average molecular weight is 231 g/mol. The van der Waals surface area contributed by atoms with E-state index in [2.05, 4.69) is 15.6 Å². The van der Waals surface area contributed by atoms with Crippen molar-refractivity contribution in [3.63, 3.8) is 0 Å². The molecule has 0 unspecified atom stereocenters. The van der Waals surface area contributed by atoms with Crippen molar-refractivity contribution in [1.82, 2.24) is 10.3 Å². The maximum absolute atomic E-state index is 8.64. The second-order valence-electron chi connectivity index (χ2n) is 2.53. The third kappa shape index (κ3) is 3.14. The molecular formula is C8H11ClN4S. The van der Waals surface area contributed by atoms with Gasteiger partial charge >= 0.3 is 0 Å². The van der Waals surface area contributed by atoms with Crippen LogP contribution in [0.25, 0.3) is 0 Å². The third-order valence-corrected chi connectivity index (χ3v) is 2.82. The number of nitrogens with zero attached hydrogens (tertiary/aromatic N) is 2. The first-order valence-electron chi connectivity index (χ1n) is 4.29. The first-order valence-corrected chi connectivity index (χ1v) is 5.48. The fraction of sp³-hybridized carbons (Fsp3) is 0.500.